The number of ether oxygens (including phenoxy) is 1. The molecule has 0 aliphatic carbocycles. The van der Waals surface area contributed by atoms with Crippen LogP contribution < -0.4 is 0 Å². The molecule has 2 nitrogen and oxygen atoms in total. The molecule has 1 heterocycles. The molecule has 3 atom stereocenters. The SMILES string of the molecule is CC(C)[C@@H]1O[C@H](C)C[C@H]1C=O. The van der Waals surface area contributed by atoms with E-state index in [1.807, 2.05) is 6.92 Å². The van der Waals surface area contributed by atoms with Gasteiger partial charge in [-0.1, -0.05) is 13.8 Å². The molecule has 1 fully saturated rings. The Hall–Kier alpha value is -0.370. The predicted octanol–water partition coefficient (Wildman–Crippen LogP) is 1.63. The lowest BCUT2D eigenvalue weighted by Crippen LogP contribution is -2.23. The molecule has 0 radical (unpaired) electrons. The van der Waals surface area contributed by atoms with Crippen molar-refractivity contribution in [3.63, 3.8) is 0 Å². The minimum absolute atomic E-state index is 0.130. The first-order chi connectivity index (χ1) is 5.15. The quantitative estimate of drug-likeness (QED) is 0.568. The number of hydrogen-bond donors (Lipinski definition) is 0. The second kappa shape index (κ2) is 3.35. The van der Waals surface area contributed by atoms with Crippen molar-refractivity contribution in [2.75, 3.05) is 0 Å². The Morgan fingerprint density at radius 1 is 1.55 bits per heavy atom. The molecule has 0 amide bonds. The molecular weight excluding hydrogens is 140 g/mol. The van der Waals surface area contributed by atoms with E-state index in [1.165, 1.54) is 0 Å². The Morgan fingerprint density at radius 3 is 2.55 bits per heavy atom. The predicted molar refractivity (Wildman–Crippen MR) is 43.3 cm³/mol. The zero-order valence-electron chi connectivity index (χ0n) is 7.41. The maximum absolute atomic E-state index is 10.6. The van der Waals surface area contributed by atoms with Crippen molar-refractivity contribution < 1.29 is 9.53 Å². The van der Waals surface area contributed by atoms with Gasteiger partial charge in [-0.15, -0.1) is 0 Å². The highest BCUT2D eigenvalue weighted by Crippen LogP contribution is 2.29. The first-order valence-electron chi connectivity index (χ1n) is 4.26. The Kier molecular flexibility index (Phi) is 2.66. The van der Waals surface area contributed by atoms with Crippen LogP contribution in [0.15, 0.2) is 0 Å². The zero-order valence-corrected chi connectivity index (χ0v) is 7.41. The summed E-state index contributed by atoms with van der Waals surface area (Å²) in [6.07, 6.45) is 2.35. The van der Waals surface area contributed by atoms with Crippen LogP contribution >= 0.6 is 0 Å². The Morgan fingerprint density at radius 2 is 2.18 bits per heavy atom. The van der Waals surface area contributed by atoms with E-state index in [0.717, 1.165) is 12.7 Å². The van der Waals surface area contributed by atoms with Gasteiger partial charge in [0, 0.05) is 5.92 Å². The van der Waals surface area contributed by atoms with Crippen LogP contribution in [0.25, 0.3) is 0 Å². The van der Waals surface area contributed by atoms with E-state index >= 15 is 0 Å². The van der Waals surface area contributed by atoms with Crippen LogP contribution in [-0.2, 0) is 9.53 Å². The Labute approximate surface area is 67.9 Å². The van der Waals surface area contributed by atoms with E-state index in [2.05, 4.69) is 13.8 Å². The van der Waals surface area contributed by atoms with Crippen LogP contribution in [0.1, 0.15) is 27.2 Å². The monoisotopic (exact) mass is 156 g/mol. The molecule has 0 bridgehead atoms. The maximum Gasteiger partial charge on any atom is 0.125 e. The van der Waals surface area contributed by atoms with Gasteiger partial charge in [0.2, 0.25) is 0 Å². The lowest BCUT2D eigenvalue weighted by Gasteiger charge is -2.17. The molecule has 0 spiro atoms. The number of rotatable bonds is 2. The van der Waals surface area contributed by atoms with E-state index in [0.29, 0.717) is 5.92 Å². The van der Waals surface area contributed by atoms with Gasteiger partial charge in [0.15, 0.2) is 0 Å². The fraction of sp³-hybridized carbons (Fsp3) is 0.889. The summed E-state index contributed by atoms with van der Waals surface area (Å²) in [5, 5.41) is 0. The minimum Gasteiger partial charge on any atom is -0.374 e. The van der Waals surface area contributed by atoms with E-state index in [-0.39, 0.29) is 18.1 Å². The standard InChI is InChI=1S/C9H16O2/c1-6(2)9-8(5-10)4-7(3)11-9/h5-9H,4H2,1-3H3/t7-,8+,9+/m1/s1. The summed E-state index contributed by atoms with van der Waals surface area (Å²) in [5.41, 5.74) is 0. The van der Waals surface area contributed by atoms with Gasteiger partial charge in [0.25, 0.3) is 0 Å². The molecule has 0 aromatic carbocycles. The van der Waals surface area contributed by atoms with Crippen LogP contribution in [0.4, 0.5) is 0 Å². The molecule has 1 aliphatic rings. The first kappa shape index (κ1) is 8.72. The summed E-state index contributed by atoms with van der Waals surface area (Å²) in [4.78, 5) is 10.6. The fourth-order valence-corrected chi connectivity index (χ4v) is 1.73. The lowest BCUT2D eigenvalue weighted by molar-refractivity contribution is -0.113. The van der Waals surface area contributed by atoms with Crippen molar-refractivity contribution in [1.29, 1.82) is 0 Å². The average Bonchev–Trinajstić information content (AvgIpc) is 2.30. The van der Waals surface area contributed by atoms with Crippen molar-refractivity contribution >= 4 is 6.29 Å². The van der Waals surface area contributed by atoms with Crippen molar-refractivity contribution in [2.24, 2.45) is 11.8 Å². The van der Waals surface area contributed by atoms with Crippen LogP contribution in [0.2, 0.25) is 0 Å². The summed E-state index contributed by atoms with van der Waals surface area (Å²) in [5.74, 6) is 0.583. The van der Waals surface area contributed by atoms with Gasteiger partial charge in [-0.25, -0.2) is 0 Å². The third-order valence-corrected chi connectivity index (χ3v) is 2.25. The molecular formula is C9H16O2. The zero-order chi connectivity index (χ0) is 8.43. The van der Waals surface area contributed by atoms with Gasteiger partial charge in [-0.3, -0.25) is 0 Å². The van der Waals surface area contributed by atoms with Gasteiger partial charge in [-0.05, 0) is 19.3 Å². The second-order valence-corrected chi connectivity index (χ2v) is 3.69. The molecule has 0 saturated carbocycles. The molecule has 64 valence electrons. The van der Waals surface area contributed by atoms with Gasteiger partial charge < -0.3 is 9.53 Å². The minimum atomic E-state index is 0.130. The Bertz CT molecular complexity index is 142. The number of hydrogen-bond acceptors (Lipinski definition) is 2. The molecule has 0 N–H and O–H groups in total. The lowest BCUT2D eigenvalue weighted by atomic mass is 9.93. The van der Waals surface area contributed by atoms with E-state index < -0.39 is 0 Å². The van der Waals surface area contributed by atoms with Crippen LogP contribution in [0, 0.1) is 11.8 Å². The van der Waals surface area contributed by atoms with Gasteiger partial charge in [0.1, 0.15) is 6.29 Å². The van der Waals surface area contributed by atoms with Crippen molar-refractivity contribution in [2.45, 2.75) is 39.4 Å². The third kappa shape index (κ3) is 1.80. The molecule has 1 rings (SSSR count). The van der Waals surface area contributed by atoms with Crippen LogP contribution in [-0.4, -0.2) is 18.5 Å². The van der Waals surface area contributed by atoms with Crippen molar-refractivity contribution in [1.82, 2.24) is 0 Å². The van der Waals surface area contributed by atoms with Gasteiger partial charge >= 0.3 is 0 Å². The third-order valence-electron chi connectivity index (χ3n) is 2.25. The van der Waals surface area contributed by atoms with E-state index in [4.69, 9.17) is 4.74 Å². The summed E-state index contributed by atoms with van der Waals surface area (Å²) >= 11 is 0. The summed E-state index contributed by atoms with van der Waals surface area (Å²) in [7, 11) is 0. The number of carbonyl (C=O) groups excluding carboxylic acids is 1. The highest BCUT2D eigenvalue weighted by atomic mass is 16.5. The summed E-state index contributed by atoms with van der Waals surface area (Å²) in [6.45, 7) is 6.22. The number of aldehydes is 1. The highest BCUT2D eigenvalue weighted by Gasteiger charge is 2.34. The number of carbonyl (C=O) groups is 1. The molecule has 1 saturated heterocycles. The molecule has 0 aromatic rings. The van der Waals surface area contributed by atoms with Crippen LogP contribution in [0.5, 0.6) is 0 Å². The van der Waals surface area contributed by atoms with Crippen molar-refractivity contribution in [3.05, 3.63) is 0 Å². The van der Waals surface area contributed by atoms with Gasteiger partial charge in [-0.2, -0.15) is 0 Å². The largest absolute Gasteiger partial charge is 0.374 e. The Balaban J connectivity index is 2.57. The highest BCUT2D eigenvalue weighted by molar-refractivity contribution is 5.55. The van der Waals surface area contributed by atoms with E-state index in [9.17, 15) is 4.79 Å². The molecule has 11 heavy (non-hydrogen) atoms. The summed E-state index contributed by atoms with van der Waals surface area (Å²) in [6, 6.07) is 0. The molecule has 1 aliphatic heterocycles. The normalized spacial score (nSPS) is 38.0. The molecule has 0 unspecified atom stereocenters. The molecule has 2 heteroatoms. The fourth-order valence-electron chi connectivity index (χ4n) is 1.73. The van der Waals surface area contributed by atoms with Crippen molar-refractivity contribution in [3.8, 4) is 0 Å². The van der Waals surface area contributed by atoms with E-state index in [1.54, 1.807) is 0 Å². The maximum atomic E-state index is 10.6. The topological polar surface area (TPSA) is 26.3 Å². The van der Waals surface area contributed by atoms with Crippen LogP contribution in [0.3, 0.4) is 0 Å². The second-order valence-electron chi connectivity index (χ2n) is 3.69. The average molecular weight is 156 g/mol. The smallest absolute Gasteiger partial charge is 0.125 e. The molecule has 0 aromatic heterocycles. The summed E-state index contributed by atoms with van der Waals surface area (Å²) < 4.78 is 5.59. The first-order valence-corrected chi connectivity index (χ1v) is 4.26. The van der Waals surface area contributed by atoms with Gasteiger partial charge in [0.05, 0.1) is 12.2 Å².